The second-order valence-electron chi connectivity index (χ2n) is 3.06. The van der Waals surface area contributed by atoms with Crippen molar-refractivity contribution in [2.45, 2.75) is 20.0 Å². The van der Waals surface area contributed by atoms with Crippen LogP contribution in [0.4, 0.5) is 0 Å². The minimum absolute atomic E-state index is 0.191. The Kier molecular flexibility index (Phi) is 2.09. The van der Waals surface area contributed by atoms with Crippen molar-refractivity contribution in [3.05, 3.63) is 23.8 Å². The van der Waals surface area contributed by atoms with Gasteiger partial charge in [-0.25, -0.2) is 0 Å². The van der Waals surface area contributed by atoms with E-state index in [0.29, 0.717) is 11.6 Å². The van der Waals surface area contributed by atoms with Gasteiger partial charge in [-0.3, -0.25) is 0 Å². The molecule has 0 saturated heterocycles. The molecular formula is C9H10N2O3. The molecule has 0 fully saturated rings. The second-order valence-corrected chi connectivity index (χ2v) is 3.06. The van der Waals surface area contributed by atoms with Gasteiger partial charge in [-0.15, -0.1) is 0 Å². The predicted molar refractivity (Wildman–Crippen MR) is 47.4 cm³/mol. The van der Waals surface area contributed by atoms with Crippen molar-refractivity contribution in [3.8, 4) is 11.6 Å². The van der Waals surface area contributed by atoms with E-state index in [-0.39, 0.29) is 5.89 Å². The lowest BCUT2D eigenvalue weighted by Gasteiger charge is -1.91. The molecule has 0 amide bonds. The molecule has 1 atom stereocenters. The van der Waals surface area contributed by atoms with Crippen LogP contribution in [0.5, 0.6) is 0 Å². The number of rotatable bonds is 2. The van der Waals surface area contributed by atoms with Gasteiger partial charge in [0.2, 0.25) is 5.82 Å². The van der Waals surface area contributed by atoms with E-state index in [1.54, 1.807) is 13.2 Å². The SMILES string of the molecule is Cc1ccoc1-c1noc([C@H](C)O)n1. The van der Waals surface area contributed by atoms with Crippen molar-refractivity contribution >= 4 is 0 Å². The lowest BCUT2D eigenvalue weighted by molar-refractivity contribution is 0.152. The van der Waals surface area contributed by atoms with Crippen molar-refractivity contribution < 1.29 is 14.0 Å². The van der Waals surface area contributed by atoms with Gasteiger partial charge in [-0.05, 0) is 25.5 Å². The molecule has 74 valence electrons. The molecule has 2 heterocycles. The van der Waals surface area contributed by atoms with Crippen LogP contribution < -0.4 is 0 Å². The molecule has 0 aromatic carbocycles. The van der Waals surface area contributed by atoms with E-state index in [2.05, 4.69) is 10.1 Å². The molecule has 0 unspecified atom stereocenters. The standard InChI is InChI=1S/C9H10N2O3/c1-5-3-4-13-7(5)8-10-9(6(2)12)14-11-8/h3-4,6,12H,1-2H3/t6-/m0/s1. The van der Waals surface area contributed by atoms with Crippen LogP contribution in [0.25, 0.3) is 11.6 Å². The maximum Gasteiger partial charge on any atom is 0.255 e. The largest absolute Gasteiger partial charge is 0.461 e. The molecule has 5 heteroatoms. The molecule has 2 rings (SSSR count). The maximum atomic E-state index is 9.18. The Labute approximate surface area is 80.4 Å². The average Bonchev–Trinajstić information content (AvgIpc) is 2.71. The van der Waals surface area contributed by atoms with Crippen LogP contribution in [0.3, 0.4) is 0 Å². The number of aromatic nitrogens is 2. The molecule has 2 aromatic heterocycles. The van der Waals surface area contributed by atoms with Crippen LogP contribution in [-0.2, 0) is 0 Å². The van der Waals surface area contributed by atoms with E-state index in [1.807, 2.05) is 13.0 Å². The Balaban J connectivity index is 2.39. The van der Waals surface area contributed by atoms with Crippen LogP contribution >= 0.6 is 0 Å². The Morgan fingerprint density at radius 1 is 1.50 bits per heavy atom. The van der Waals surface area contributed by atoms with E-state index in [1.165, 1.54) is 0 Å². The molecule has 5 nitrogen and oxygen atoms in total. The van der Waals surface area contributed by atoms with E-state index in [4.69, 9.17) is 8.94 Å². The topological polar surface area (TPSA) is 72.3 Å². The van der Waals surface area contributed by atoms with Gasteiger partial charge >= 0.3 is 0 Å². The molecule has 0 radical (unpaired) electrons. The lowest BCUT2D eigenvalue weighted by atomic mass is 10.3. The average molecular weight is 194 g/mol. The van der Waals surface area contributed by atoms with Crippen molar-refractivity contribution in [2.75, 3.05) is 0 Å². The predicted octanol–water partition coefficient (Wildman–Crippen LogP) is 1.69. The van der Waals surface area contributed by atoms with Gasteiger partial charge in [0.1, 0.15) is 6.10 Å². The van der Waals surface area contributed by atoms with Gasteiger partial charge in [0.25, 0.3) is 5.89 Å². The van der Waals surface area contributed by atoms with E-state index < -0.39 is 6.10 Å². The maximum absolute atomic E-state index is 9.18. The monoisotopic (exact) mass is 194 g/mol. The Morgan fingerprint density at radius 2 is 2.29 bits per heavy atom. The molecule has 0 aliphatic heterocycles. The zero-order chi connectivity index (χ0) is 10.1. The first-order chi connectivity index (χ1) is 6.68. The fourth-order valence-electron chi connectivity index (χ4n) is 1.10. The van der Waals surface area contributed by atoms with E-state index in [0.717, 1.165) is 5.56 Å². The summed E-state index contributed by atoms with van der Waals surface area (Å²) in [5, 5.41) is 12.9. The highest BCUT2D eigenvalue weighted by atomic mass is 16.5. The summed E-state index contributed by atoms with van der Waals surface area (Å²) in [5.41, 5.74) is 0.933. The summed E-state index contributed by atoms with van der Waals surface area (Å²) in [6.45, 7) is 3.45. The summed E-state index contributed by atoms with van der Waals surface area (Å²) in [7, 11) is 0. The summed E-state index contributed by atoms with van der Waals surface area (Å²) in [4.78, 5) is 3.99. The number of nitrogens with zero attached hydrogens (tertiary/aromatic N) is 2. The Morgan fingerprint density at radius 3 is 2.79 bits per heavy atom. The number of aliphatic hydroxyl groups is 1. The number of aliphatic hydroxyl groups excluding tert-OH is 1. The summed E-state index contributed by atoms with van der Waals surface area (Å²) in [5.74, 6) is 1.12. The highest BCUT2D eigenvalue weighted by Gasteiger charge is 2.15. The van der Waals surface area contributed by atoms with Gasteiger partial charge in [-0.2, -0.15) is 4.98 Å². The number of aryl methyl sites for hydroxylation is 1. The first kappa shape index (κ1) is 8.96. The lowest BCUT2D eigenvalue weighted by Crippen LogP contribution is -1.90. The van der Waals surface area contributed by atoms with Gasteiger partial charge in [0.15, 0.2) is 5.76 Å². The van der Waals surface area contributed by atoms with E-state index in [9.17, 15) is 5.11 Å². The molecule has 14 heavy (non-hydrogen) atoms. The van der Waals surface area contributed by atoms with Gasteiger partial charge in [0, 0.05) is 0 Å². The number of hydrogen-bond donors (Lipinski definition) is 1. The fourth-order valence-corrected chi connectivity index (χ4v) is 1.10. The van der Waals surface area contributed by atoms with Crippen LogP contribution in [0.1, 0.15) is 24.5 Å². The van der Waals surface area contributed by atoms with Gasteiger partial charge in [0.05, 0.1) is 6.26 Å². The zero-order valence-corrected chi connectivity index (χ0v) is 7.89. The van der Waals surface area contributed by atoms with Crippen LogP contribution in [0.2, 0.25) is 0 Å². The minimum atomic E-state index is -0.758. The second kappa shape index (κ2) is 3.26. The molecule has 1 N–H and O–H groups in total. The molecule has 0 aliphatic carbocycles. The third-order valence-corrected chi connectivity index (χ3v) is 1.86. The molecule has 2 aromatic rings. The molecule has 0 saturated carbocycles. The smallest absolute Gasteiger partial charge is 0.255 e. The van der Waals surface area contributed by atoms with Crippen LogP contribution in [0.15, 0.2) is 21.3 Å². The van der Waals surface area contributed by atoms with Crippen molar-refractivity contribution in [1.29, 1.82) is 0 Å². The van der Waals surface area contributed by atoms with Gasteiger partial charge < -0.3 is 14.0 Å². The highest BCUT2D eigenvalue weighted by Crippen LogP contribution is 2.22. The van der Waals surface area contributed by atoms with Crippen molar-refractivity contribution in [2.24, 2.45) is 0 Å². The van der Waals surface area contributed by atoms with Crippen molar-refractivity contribution in [1.82, 2.24) is 10.1 Å². The third kappa shape index (κ3) is 1.42. The molecule has 0 aliphatic rings. The fraction of sp³-hybridized carbons (Fsp3) is 0.333. The third-order valence-electron chi connectivity index (χ3n) is 1.86. The molecule has 0 spiro atoms. The zero-order valence-electron chi connectivity index (χ0n) is 7.89. The summed E-state index contributed by atoms with van der Waals surface area (Å²) in [6, 6.07) is 1.81. The normalized spacial score (nSPS) is 13.1. The molecule has 0 bridgehead atoms. The summed E-state index contributed by atoms with van der Waals surface area (Å²) >= 11 is 0. The van der Waals surface area contributed by atoms with Crippen molar-refractivity contribution in [3.63, 3.8) is 0 Å². The van der Waals surface area contributed by atoms with Gasteiger partial charge in [-0.1, -0.05) is 5.16 Å². The quantitative estimate of drug-likeness (QED) is 0.787. The minimum Gasteiger partial charge on any atom is -0.461 e. The number of furan rings is 1. The summed E-state index contributed by atoms with van der Waals surface area (Å²) < 4.78 is 10.0. The summed E-state index contributed by atoms with van der Waals surface area (Å²) in [6.07, 6.45) is 0.801. The van der Waals surface area contributed by atoms with Crippen LogP contribution in [-0.4, -0.2) is 15.2 Å². The van der Waals surface area contributed by atoms with Crippen LogP contribution in [0, 0.1) is 6.92 Å². The Hall–Kier alpha value is -1.62. The number of hydrogen-bond acceptors (Lipinski definition) is 5. The first-order valence-corrected chi connectivity index (χ1v) is 4.24. The Bertz CT molecular complexity index is 431. The van der Waals surface area contributed by atoms with E-state index >= 15 is 0 Å². The highest BCUT2D eigenvalue weighted by molar-refractivity contribution is 5.50. The molecular weight excluding hydrogens is 184 g/mol. The first-order valence-electron chi connectivity index (χ1n) is 4.24.